The van der Waals surface area contributed by atoms with Gasteiger partial charge in [0.15, 0.2) is 0 Å². The lowest BCUT2D eigenvalue weighted by atomic mass is 9.85. The van der Waals surface area contributed by atoms with Crippen LogP contribution in [0.2, 0.25) is 0 Å². The lowest BCUT2D eigenvalue weighted by molar-refractivity contribution is 0.0774. The van der Waals surface area contributed by atoms with E-state index in [2.05, 4.69) is 47.3 Å². The molecular formula is C16H20N2. The Labute approximate surface area is 108 Å². The number of aromatic amines is 1. The van der Waals surface area contributed by atoms with Gasteiger partial charge in [-0.25, -0.2) is 0 Å². The molecule has 0 saturated carbocycles. The fourth-order valence-electron chi connectivity index (χ4n) is 4.18. The standard InChI is InChI=1S/C16H20N2/c1-18-13-6-4-9-16(18,10-8-13)15-11-12-5-2-3-7-14(12)17-15/h2-3,5,7,11,13,17H,4,6,8-10H2,1H3/t13-,16+/m1/s1. The summed E-state index contributed by atoms with van der Waals surface area (Å²) in [6.45, 7) is 0. The summed E-state index contributed by atoms with van der Waals surface area (Å²) in [5, 5.41) is 1.35. The molecule has 0 unspecified atom stereocenters. The topological polar surface area (TPSA) is 19.0 Å². The molecule has 2 aliphatic rings. The van der Waals surface area contributed by atoms with Crippen LogP contribution in [0.1, 0.15) is 37.8 Å². The van der Waals surface area contributed by atoms with Crippen LogP contribution in [0.4, 0.5) is 0 Å². The second-order valence-corrected chi connectivity index (χ2v) is 6.00. The first-order valence-electron chi connectivity index (χ1n) is 7.11. The van der Waals surface area contributed by atoms with Crippen molar-refractivity contribution in [2.45, 2.75) is 43.7 Å². The Morgan fingerprint density at radius 1 is 1.22 bits per heavy atom. The van der Waals surface area contributed by atoms with Gasteiger partial charge < -0.3 is 4.98 Å². The largest absolute Gasteiger partial charge is 0.357 e. The molecule has 18 heavy (non-hydrogen) atoms. The summed E-state index contributed by atoms with van der Waals surface area (Å²) in [6, 6.07) is 11.8. The predicted octanol–water partition coefficient (Wildman–Crippen LogP) is 3.64. The van der Waals surface area contributed by atoms with Gasteiger partial charge in [-0.3, -0.25) is 4.90 Å². The van der Waals surface area contributed by atoms with E-state index in [1.54, 1.807) is 0 Å². The van der Waals surface area contributed by atoms with Crippen LogP contribution in [-0.4, -0.2) is 23.0 Å². The van der Waals surface area contributed by atoms with E-state index >= 15 is 0 Å². The van der Waals surface area contributed by atoms with Gasteiger partial charge in [-0.1, -0.05) is 18.2 Å². The monoisotopic (exact) mass is 240 g/mol. The SMILES string of the molecule is CN1[C@@H]2CCC[C@@]1(c1cc3ccccc3[nH]1)CC2. The molecule has 2 bridgehead atoms. The number of benzene rings is 1. The second kappa shape index (κ2) is 3.61. The number of nitrogens with one attached hydrogen (secondary N) is 1. The van der Waals surface area contributed by atoms with Crippen molar-refractivity contribution in [3.05, 3.63) is 36.0 Å². The van der Waals surface area contributed by atoms with Crippen molar-refractivity contribution < 1.29 is 0 Å². The zero-order valence-corrected chi connectivity index (χ0v) is 10.9. The van der Waals surface area contributed by atoms with E-state index in [9.17, 15) is 0 Å². The number of H-pyrrole nitrogens is 1. The molecule has 2 aliphatic heterocycles. The Kier molecular flexibility index (Phi) is 2.13. The van der Waals surface area contributed by atoms with Gasteiger partial charge in [0.25, 0.3) is 0 Å². The van der Waals surface area contributed by atoms with Crippen LogP contribution in [0.25, 0.3) is 10.9 Å². The van der Waals surface area contributed by atoms with Gasteiger partial charge in [-0.05, 0) is 56.7 Å². The van der Waals surface area contributed by atoms with Crippen LogP contribution in [0, 0.1) is 0 Å². The summed E-state index contributed by atoms with van der Waals surface area (Å²) in [6.07, 6.45) is 6.77. The number of piperidine rings is 1. The molecule has 94 valence electrons. The summed E-state index contributed by atoms with van der Waals surface area (Å²) < 4.78 is 0. The molecule has 0 aliphatic carbocycles. The fourth-order valence-corrected chi connectivity index (χ4v) is 4.18. The molecule has 4 rings (SSSR count). The average Bonchev–Trinajstić information content (AvgIpc) is 2.87. The summed E-state index contributed by atoms with van der Waals surface area (Å²) >= 11 is 0. The number of hydrogen-bond acceptors (Lipinski definition) is 1. The number of nitrogens with zero attached hydrogens (tertiary/aromatic N) is 1. The molecule has 2 saturated heterocycles. The van der Waals surface area contributed by atoms with Crippen molar-refractivity contribution >= 4 is 10.9 Å². The minimum atomic E-state index is 0.294. The number of fused-ring (bicyclic) bond motifs is 3. The predicted molar refractivity (Wildman–Crippen MR) is 74.6 cm³/mol. The lowest BCUT2D eigenvalue weighted by Gasteiger charge is -2.42. The summed E-state index contributed by atoms with van der Waals surface area (Å²) in [4.78, 5) is 6.31. The number of para-hydroxylation sites is 1. The minimum Gasteiger partial charge on any atom is -0.357 e. The van der Waals surface area contributed by atoms with Crippen LogP contribution in [0.3, 0.4) is 0 Å². The third-order valence-electron chi connectivity index (χ3n) is 5.27. The molecule has 1 aromatic heterocycles. The summed E-state index contributed by atoms with van der Waals surface area (Å²) in [5.41, 5.74) is 3.01. The van der Waals surface area contributed by atoms with Gasteiger partial charge in [-0.15, -0.1) is 0 Å². The molecule has 3 heterocycles. The lowest BCUT2D eigenvalue weighted by Crippen LogP contribution is -2.45. The Morgan fingerprint density at radius 3 is 3.00 bits per heavy atom. The summed E-state index contributed by atoms with van der Waals surface area (Å²) in [5.74, 6) is 0. The zero-order valence-electron chi connectivity index (χ0n) is 10.9. The molecular weight excluding hydrogens is 220 g/mol. The third kappa shape index (κ3) is 1.27. The van der Waals surface area contributed by atoms with Crippen LogP contribution < -0.4 is 0 Å². The van der Waals surface area contributed by atoms with Gasteiger partial charge in [0.05, 0.1) is 5.54 Å². The Morgan fingerprint density at radius 2 is 2.11 bits per heavy atom. The van der Waals surface area contributed by atoms with Crippen molar-refractivity contribution in [2.75, 3.05) is 7.05 Å². The molecule has 2 heteroatoms. The molecule has 2 aromatic rings. The third-order valence-corrected chi connectivity index (χ3v) is 5.27. The molecule has 1 aromatic carbocycles. The highest BCUT2D eigenvalue weighted by atomic mass is 15.2. The van der Waals surface area contributed by atoms with Gasteiger partial charge in [0.2, 0.25) is 0 Å². The molecule has 2 nitrogen and oxygen atoms in total. The average molecular weight is 240 g/mol. The normalized spacial score (nSPS) is 32.2. The van der Waals surface area contributed by atoms with Crippen LogP contribution in [0.5, 0.6) is 0 Å². The molecule has 0 radical (unpaired) electrons. The summed E-state index contributed by atoms with van der Waals surface area (Å²) in [7, 11) is 2.32. The molecule has 0 spiro atoms. The van der Waals surface area contributed by atoms with E-state index in [4.69, 9.17) is 0 Å². The quantitative estimate of drug-likeness (QED) is 0.806. The van der Waals surface area contributed by atoms with Crippen LogP contribution >= 0.6 is 0 Å². The van der Waals surface area contributed by atoms with Gasteiger partial charge in [-0.2, -0.15) is 0 Å². The molecule has 1 N–H and O–H groups in total. The highest BCUT2D eigenvalue weighted by Crippen LogP contribution is 2.49. The van der Waals surface area contributed by atoms with E-state index in [0.717, 1.165) is 6.04 Å². The fraction of sp³-hybridized carbons (Fsp3) is 0.500. The van der Waals surface area contributed by atoms with E-state index in [-0.39, 0.29) is 0 Å². The first kappa shape index (κ1) is 10.6. The molecule has 2 atom stereocenters. The second-order valence-electron chi connectivity index (χ2n) is 6.00. The van der Waals surface area contributed by atoms with Gasteiger partial charge in [0.1, 0.15) is 0 Å². The van der Waals surface area contributed by atoms with Crippen molar-refractivity contribution in [1.29, 1.82) is 0 Å². The minimum absolute atomic E-state index is 0.294. The van der Waals surface area contributed by atoms with Gasteiger partial charge >= 0.3 is 0 Å². The van der Waals surface area contributed by atoms with E-state index < -0.39 is 0 Å². The smallest absolute Gasteiger partial charge is 0.0612 e. The van der Waals surface area contributed by atoms with Crippen molar-refractivity contribution in [2.24, 2.45) is 0 Å². The number of rotatable bonds is 1. The maximum Gasteiger partial charge on any atom is 0.0612 e. The first-order valence-corrected chi connectivity index (χ1v) is 7.11. The van der Waals surface area contributed by atoms with Crippen molar-refractivity contribution in [1.82, 2.24) is 9.88 Å². The Hall–Kier alpha value is -1.28. The van der Waals surface area contributed by atoms with E-state index in [0.29, 0.717) is 5.54 Å². The van der Waals surface area contributed by atoms with E-state index in [1.807, 2.05) is 0 Å². The van der Waals surface area contributed by atoms with Crippen molar-refractivity contribution in [3.8, 4) is 0 Å². The number of hydrogen-bond donors (Lipinski definition) is 1. The van der Waals surface area contributed by atoms with Crippen LogP contribution in [-0.2, 0) is 5.54 Å². The van der Waals surface area contributed by atoms with E-state index in [1.165, 1.54) is 48.7 Å². The molecule has 0 amide bonds. The van der Waals surface area contributed by atoms with Crippen LogP contribution in [0.15, 0.2) is 30.3 Å². The van der Waals surface area contributed by atoms with Gasteiger partial charge in [0, 0.05) is 17.3 Å². The van der Waals surface area contributed by atoms with Crippen molar-refractivity contribution in [3.63, 3.8) is 0 Å². The highest BCUT2D eigenvalue weighted by molar-refractivity contribution is 5.80. The maximum absolute atomic E-state index is 3.67. The number of aromatic nitrogens is 1. The first-order chi connectivity index (χ1) is 8.79. The molecule has 2 fully saturated rings. The zero-order chi connectivity index (χ0) is 12.2. The Bertz CT molecular complexity index is 549. The maximum atomic E-state index is 3.67. The Balaban J connectivity index is 1.86. The highest BCUT2D eigenvalue weighted by Gasteiger charge is 2.48.